The third kappa shape index (κ3) is 6.67. The lowest BCUT2D eigenvalue weighted by molar-refractivity contribution is 0.368. The summed E-state index contributed by atoms with van der Waals surface area (Å²) in [5, 5.41) is 9.51. The number of hydrogen-bond acceptors (Lipinski definition) is 4. The quantitative estimate of drug-likeness (QED) is 0.250. The van der Waals surface area contributed by atoms with Crippen LogP contribution in [0.5, 0.6) is 0 Å². The number of benzene rings is 1. The molecule has 22 heavy (non-hydrogen) atoms. The topological polar surface area (TPSA) is 29.5 Å². The van der Waals surface area contributed by atoms with Gasteiger partial charge in [0.1, 0.15) is 11.5 Å². The monoisotopic (exact) mass is 336 g/mol. The van der Waals surface area contributed by atoms with Crippen molar-refractivity contribution in [2.24, 2.45) is 0 Å². The molecule has 120 valence electrons. The molecule has 0 amide bonds. The number of methoxy groups -OCH3 is 1. The lowest BCUT2D eigenvalue weighted by Gasteiger charge is -2.11. The molecule has 0 unspecified atom stereocenters. The van der Waals surface area contributed by atoms with Gasteiger partial charge in [0.15, 0.2) is 0 Å². The van der Waals surface area contributed by atoms with E-state index in [4.69, 9.17) is 4.74 Å². The molecule has 0 atom stereocenters. The highest BCUT2D eigenvalue weighted by Crippen LogP contribution is 2.36. The van der Waals surface area contributed by atoms with Gasteiger partial charge in [-0.25, -0.2) is 0 Å². The first kappa shape index (κ1) is 18.8. The molecule has 1 aromatic rings. The first-order valence-electron chi connectivity index (χ1n) is 7.41. The summed E-state index contributed by atoms with van der Waals surface area (Å²) < 4.78 is 5.49. The Morgan fingerprint density at radius 3 is 2.59 bits per heavy atom. The summed E-state index contributed by atoms with van der Waals surface area (Å²) in [4.78, 5) is 1.19. The van der Waals surface area contributed by atoms with Crippen molar-refractivity contribution in [2.75, 3.05) is 12.9 Å². The summed E-state index contributed by atoms with van der Waals surface area (Å²) in [6.07, 6.45) is 9.40. The summed E-state index contributed by atoms with van der Waals surface area (Å²) in [7, 11) is 5.17. The second-order valence-electron chi connectivity index (χ2n) is 4.48. The van der Waals surface area contributed by atoms with Crippen molar-refractivity contribution in [2.45, 2.75) is 31.6 Å². The first-order valence-corrected chi connectivity index (χ1v) is 9.73. The van der Waals surface area contributed by atoms with Gasteiger partial charge in [-0.3, -0.25) is 0 Å². The van der Waals surface area contributed by atoms with Gasteiger partial charge < -0.3 is 9.84 Å². The molecular formula is C18H24O2S2. The van der Waals surface area contributed by atoms with Crippen LogP contribution >= 0.6 is 21.6 Å². The summed E-state index contributed by atoms with van der Waals surface area (Å²) >= 11 is 0. The van der Waals surface area contributed by atoms with Crippen molar-refractivity contribution in [3.05, 3.63) is 59.9 Å². The van der Waals surface area contributed by atoms with Crippen LogP contribution in [0.1, 0.15) is 32.3 Å². The molecular weight excluding hydrogens is 312 g/mol. The summed E-state index contributed by atoms with van der Waals surface area (Å²) in [6.45, 7) is 4.10. The minimum atomic E-state index is 0.334. The lowest BCUT2D eigenvalue weighted by Crippen LogP contribution is -1.90. The molecule has 0 aliphatic heterocycles. The van der Waals surface area contributed by atoms with E-state index in [1.54, 1.807) is 40.8 Å². The van der Waals surface area contributed by atoms with Crippen LogP contribution in [0.3, 0.4) is 0 Å². The van der Waals surface area contributed by atoms with E-state index in [1.807, 2.05) is 25.1 Å². The Balaban J connectivity index is 2.64. The molecule has 0 saturated carbocycles. The predicted octanol–water partition coefficient (Wildman–Crippen LogP) is 6.23. The highest BCUT2D eigenvalue weighted by molar-refractivity contribution is 8.76. The molecule has 1 rings (SSSR count). The van der Waals surface area contributed by atoms with E-state index in [9.17, 15) is 5.11 Å². The molecule has 1 aromatic carbocycles. The molecule has 1 N–H and O–H groups in total. The molecule has 0 aliphatic carbocycles. The molecule has 0 saturated heterocycles. The highest BCUT2D eigenvalue weighted by atomic mass is 33.1. The smallest absolute Gasteiger partial charge is 0.123 e. The summed E-state index contributed by atoms with van der Waals surface area (Å²) in [6, 6.07) is 8.25. The van der Waals surface area contributed by atoms with E-state index in [0.717, 1.165) is 29.9 Å². The van der Waals surface area contributed by atoms with Gasteiger partial charge in [-0.2, -0.15) is 0 Å². The Kier molecular flexibility index (Phi) is 9.67. The van der Waals surface area contributed by atoms with Crippen LogP contribution in [0.25, 0.3) is 5.76 Å². The molecule has 0 bridgehead atoms. The van der Waals surface area contributed by atoms with Gasteiger partial charge in [-0.15, -0.1) is 0 Å². The second kappa shape index (κ2) is 11.3. The van der Waals surface area contributed by atoms with E-state index >= 15 is 0 Å². The molecule has 0 aliphatic rings. The van der Waals surface area contributed by atoms with Crippen LogP contribution in [0.4, 0.5) is 0 Å². The van der Waals surface area contributed by atoms with Crippen LogP contribution < -0.4 is 0 Å². The van der Waals surface area contributed by atoms with E-state index in [-0.39, 0.29) is 0 Å². The maximum atomic E-state index is 9.51. The minimum Gasteiger partial charge on any atom is -0.508 e. The van der Waals surface area contributed by atoms with E-state index in [1.165, 1.54) is 4.90 Å². The Morgan fingerprint density at radius 2 is 1.91 bits per heavy atom. The second-order valence-corrected chi connectivity index (χ2v) is 6.87. The van der Waals surface area contributed by atoms with E-state index in [0.29, 0.717) is 5.76 Å². The SMILES string of the molecule is CC/C=C(O)\C=C/CSSc1ccccc1/C(=C\CC)OC. The van der Waals surface area contributed by atoms with Crippen molar-refractivity contribution in [3.63, 3.8) is 0 Å². The molecule has 0 heterocycles. The van der Waals surface area contributed by atoms with Gasteiger partial charge in [-0.05, 0) is 37.1 Å². The zero-order valence-corrected chi connectivity index (χ0v) is 15.0. The number of allylic oxidation sites excluding steroid dienone is 3. The van der Waals surface area contributed by atoms with Gasteiger partial charge in [0.05, 0.1) is 7.11 Å². The molecule has 0 spiro atoms. The van der Waals surface area contributed by atoms with Crippen LogP contribution in [0.15, 0.2) is 59.2 Å². The third-order valence-electron chi connectivity index (χ3n) is 2.78. The summed E-state index contributed by atoms with van der Waals surface area (Å²) in [5.41, 5.74) is 1.13. The van der Waals surface area contributed by atoms with Gasteiger partial charge >= 0.3 is 0 Å². The third-order valence-corrected chi connectivity index (χ3v) is 5.06. The average molecular weight is 337 g/mol. The van der Waals surface area contributed by atoms with Crippen LogP contribution in [-0.2, 0) is 4.74 Å². The number of aliphatic hydroxyl groups is 1. The fourth-order valence-electron chi connectivity index (χ4n) is 1.81. The predicted molar refractivity (Wildman–Crippen MR) is 100 cm³/mol. The standard InChI is InChI=1S/C18H24O2S2/c1-4-9-15(19)11-8-14-21-22-18-13-7-6-12-16(18)17(20-3)10-5-2/h6-13,19H,4-5,14H2,1-3H3/b11-8-,15-9+,17-10+. The van der Waals surface area contributed by atoms with Crippen molar-refractivity contribution in [3.8, 4) is 0 Å². The molecule has 0 radical (unpaired) electrons. The Morgan fingerprint density at radius 1 is 1.18 bits per heavy atom. The largest absolute Gasteiger partial charge is 0.508 e. The van der Waals surface area contributed by atoms with Gasteiger partial charge in [0.2, 0.25) is 0 Å². The zero-order valence-electron chi connectivity index (χ0n) is 13.4. The number of hydrogen-bond donors (Lipinski definition) is 1. The molecule has 4 heteroatoms. The normalized spacial score (nSPS) is 12.9. The zero-order chi connectivity index (χ0) is 16.2. The Hall–Kier alpha value is -1.26. The van der Waals surface area contributed by atoms with Crippen LogP contribution in [0.2, 0.25) is 0 Å². The fourth-order valence-corrected chi connectivity index (χ4v) is 3.83. The number of aliphatic hydroxyl groups excluding tert-OH is 1. The Labute approximate surface area is 141 Å². The van der Waals surface area contributed by atoms with Crippen LogP contribution in [0, 0.1) is 0 Å². The number of ether oxygens (including phenoxy) is 1. The summed E-state index contributed by atoms with van der Waals surface area (Å²) in [5.74, 6) is 2.09. The van der Waals surface area contributed by atoms with Crippen LogP contribution in [-0.4, -0.2) is 18.0 Å². The average Bonchev–Trinajstić information content (AvgIpc) is 2.53. The highest BCUT2D eigenvalue weighted by Gasteiger charge is 2.07. The maximum absolute atomic E-state index is 9.51. The van der Waals surface area contributed by atoms with Gasteiger partial charge in [-0.1, -0.05) is 59.7 Å². The molecule has 2 nitrogen and oxygen atoms in total. The number of rotatable bonds is 9. The fraction of sp³-hybridized carbons (Fsp3) is 0.333. The van der Waals surface area contributed by atoms with E-state index < -0.39 is 0 Å². The lowest BCUT2D eigenvalue weighted by atomic mass is 10.1. The maximum Gasteiger partial charge on any atom is 0.123 e. The minimum absolute atomic E-state index is 0.334. The van der Waals surface area contributed by atoms with Crippen molar-refractivity contribution in [1.29, 1.82) is 0 Å². The van der Waals surface area contributed by atoms with E-state index in [2.05, 4.69) is 25.1 Å². The molecule has 0 fully saturated rings. The Bertz CT molecular complexity index is 534. The van der Waals surface area contributed by atoms with Gasteiger partial charge in [0.25, 0.3) is 0 Å². The molecule has 0 aromatic heterocycles. The van der Waals surface area contributed by atoms with Crippen molar-refractivity contribution >= 4 is 27.3 Å². The van der Waals surface area contributed by atoms with Gasteiger partial charge in [0, 0.05) is 16.2 Å². The van der Waals surface area contributed by atoms with Crippen molar-refractivity contribution < 1.29 is 9.84 Å². The first-order chi connectivity index (χ1) is 10.7. The van der Waals surface area contributed by atoms with Crippen molar-refractivity contribution in [1.82, 2.24) is 0 Å².